The third kappa shape index (κ3) is 2.73. The van der Waals surface area contributed by atoms with E-state index in [-0.39, 0.29) is 11.6 Å². The zero-order chi connectivity index (χ0) is 15.8. The van der Waals surface area contributed by atoms with Crippen LogP contribution < -0.4 is 5.43 Å². The van der Waals surface area contributed by atoms with Crippen LogP contribution in [0.15, 0.2) is 23.1 Å². The van der Waals surface area contributed by atoms with Crippen molar-refractivity contribution in [3.63, 3.8) is 0 Å². The zero-order valence-electron chi connectivity index (χ0n) is 10.7. The van der Waals surface area contributed by atoms with Crippen molar-refractivity contribution >= 4 is 28.5 Å². The van der Waals surface area contributed by atoms with Crippen molar-refractivity contribution in [2.75, 3.05) is 6.61 Å². The summed E-state index contributed by atoms with van der Waals surface area (Å²) in [6.07, 6.45) is -3.76. The summed E-state index contributed by atoms with van der Waals surface area (Å²) in [5.74, 6) is -0.922. The van der Waals surface area contributed by atoms with E-state index in [9.17, 15) is 22.8 Å². The highest BCUT2D eigenvalue weighted by Crippen LogP contribution is 2.35. The van der Waals surface area contributed by atoms with Gasteiger partial charge in [0, 0.05) is 6.20 Å². The molecule has 1 aromatic carbocycles. The van der Waals surface area contributed by atoms with Crippen LogP contribution in [0, 0.1) is 0 Å². The van der Waals surface area contributed by atoms with Gasteiger partial charge in [-0.3, -0.25) is 4.79 Å². The largest absolute Gasteiger partial charge is 0.462 e. The average Bonchev–Trinajstić information content (AvgIpc) is 2.37. The number of hydrogen-bond donors (Lipinski definition) is 1. The molecule has 0 spiro atoms. The van der Waals surface area contributed by atoms with Crippen molar-refractivity contribution in [1.29, 1.82) is 0 Å². The van der Waals surface area contributed by atoms with Crippen LogP contribution in [0.4, 0.5) is 13.2 Å². The van der Waals surface area contributed by atoms with Crippen molar-refractivity contribution < 1.29 is 22.7 Å². The van der Waals surface area contributed by atoms with E-state index in [1.165, 1.54) is 0 Å². The predicted octanol–water partition coefficient (Wildman–Crippen LogP) is 3.38. The minimum absolute atomic E-state index is 0.0344. The first-order valence-electron chi connectivity index (χ1n) is 5.85. The van der Waals surface area contributed by atoms with Crippen LogP contribution >= 0.6 is 11.6 Å². The summed E-state index contributed by atoms with van der Waals surface area (Å²) in [5, 5.41) is -0.567. The van der Waals surface area contributed by atoms with Gasteiger partial charge in [-0.2, -0.15) is 13.2 Å². The Morgan fingerprint density at radius 1 is 1.38 bits per heavy atom. The molecule has 0 atom stereocenters. The van der Waals surface area contributed by atoms with E-state index in [2.05, 4.69) is 9.72 Å². The van der Waals surface area contributed by atoms with Gasteiger partial charge in [-0.1, -0.05) is 11.6 Å². The maximum absolute atomic E-state index is 12.9. The number of halogens is 4. The van der Waals surface area contributed by atoms with Gasteiger partial charge in [0.05, 0.1) is 28.1 Å². The van der Waals surface area contributed by atoms with Gasteiger partial charge in [0.25, 0.3) is 0 Å². The smallest absolute Gasteiger partial charge is 0.418 e. The van der Waals surface area contributed by atoms with Crippen molar-refractivity contribution in [3.05, 3.63) is 44.7 Å². The molecule has 4 nitrogen and oxygen atoms in total. The molecule has 112 valence electrons. The number of pyridine rings is 1. The predicted molar refractivity (Wildman–Crippen MR) is 70.5 cm³/mol. The Hall–Kier alpha value is -2.02. The third-order valence-electron chi connectivity index (χ3n) is 2.79. The molecule has 2 aromatic rings. The zero-order valence-corrected chi connectivity index (χ0v) is 11.4. The van der Waals surface area contributed by atoms with Gasteiger partial charge in [0.1, 0.15) is 5.56 Å². The van der Waals surface area contributed by atoms with Crippen LogP contribution in [0.2, 0.25) is 5.02 Å². The van der Waals surface area contributed by atoms with Gasteiger partial charge in [-0.15, -0.1) is 0 Å². The Bertz CT molecular complexity index is 768. The maximum atomic E-state index is 12.9. The number of benzene rings is 1. The molecule has 21 heavy (non-hydrogen) atoms. The van der Waals surface area contributed by atoms with E-state index in [0.29, 0.717) is 0 Å². The van der Waals surface area contributed by atoms with E-state index in [1.807, 2.05) is 0 Å². The Kier molecular flexibility index (Phi) is 3.95. The molecular weight excluding hydrogens is 311 g/mol. The lowest BCUT2D eigenvalue weighted by molar-refractivity contribution is -0.136. The number of nitrogens with one attached hydrogen (secondary N) is 1. The van der Waals surface area contributed by atoms with E-state index < -0.39 is 39.6 Å². The number of ether oxygens (including phenoxy) is 1. The summed E-state index contributed by atoms with van der Waals surface area (Å²) in [6, 6.07) is 1.74. The highest BCUT2D eigenvalue weighted by Gasteiger charge is 2.34. The first-order valence-corrected chi connectivity index (χ1v) is 6.23. The summed E-state index contributed by atoms with van der Waals surface area (Å²) < 4.78 is 43.4. The first-order chi connectivity index (χ1) is 9.77. The van der Waals surface area contributed by atoms with Crippen LogP contribution in [-0.2, 0) is 10.9 Å². The van der Waals surface area contributed by atoms with Crippen LogP contribution in [0.1, 0.15) is 22.8 Å². The first kappa shape index (κ1) is 15.4. The standard InChI is InChI=1S/C13H9ClF3NO3/c1-2-21-12(20)6-5-18-10-7(13(15,16)17)3-4-8(14)9(10)11(6)19/h3-5H,2H2,1H3,(H,18,19). The van der Waals surface area contributed by atoms with Gasteiger partial charge in [-0.25, -0.2) is 4.79 Å². The molecule has 0 aliphatic rings. The van der Waals surface area contributed by atoms with Gasteiger partial charge in [0.15, 0.2) is 0 Å². The fourth-order valence-corrected chi connectivity index (χ4v) is 2.13. The van der Waals surface area contributed by atoms with E-state index >= 15 is 0 Å². The van der Waals surface area contributed by atoms with Crippen molar-refractivity contribution in [3.8, 4) is 0 Å². The Labute approximate surface area is 121 Å². The van der Waals surface area contributed by atoms with Gasteiger partial charge >= 0.3 is 12.1 Å². The molecule has 8 heteroatoms. The SMILES string of the molecule is CCOC(=O)c1c[nH]c2c(C(F)(F)F)ccc(Cl)c2c1=O. The number of aromatic nitrogens is 1. The molecule has 0 aliphatic heterocycles. The Balaban J connectivity index is 2.80. The maximum Gasteiger partial charge on any atom is 0.418 e. The highest BCUT2D eigenvalue weighted by molar-refractivity contribution is 6.35. The van der Waals surface area contributed by atoms with Gasteiger partial charge < -0.3 is 9.72 Å². The monoisotopic (exact) mass is 319 g/mol. The second-order valence-corrected chi connectivity index (χ2v) is 4.50. The van der Waals surface area contributed by atoms with Crippen LogP contribution in [0.3, 0.4) is 0 Å². The number of carbonyl (C=O) groups is 1. The van der Waals surface area contributed by atoms with E-state index in [1.54, 1.807) is 6.92 Å². The van der Waals surface area contributed by atoms with Crippen LogP contribution in [0.25, 0.3) is 10.9 Å². The van der Waals surface area contributed by atoms with Crippen LogP contribution in [0.5, 0.6) is 0 Å². The Morgan fingerprint density at radius 3 is 2.62 bits per heavy atom. The summed E-state index contributed by atoms with van der Waals surface area (Å²) in [5.41, 5.74) is -2.80. The molecular formula is C13H9ClF3NO3. The summed E-state index contributed by atoms with van der Waals surface area (Å²) in [6.45, 7) is 1.58. The molecule has 0 radical (unpaired) electrons. The molecule has 1 aromatic heterocycles. The number of rotatable bonds is 2. The average molecular weight is 320 g/mol. The number of H-pyrrole nitrogens is 1. The van der Waals surface area contributed by atoms with Gasteiger partial charge in [-0.05, 0) is 19.1 Å². The minimum atomic E-state index is -4.66. The number of alkyl halides is 3. The number of aromatic amines is 1. The quantitative estimate of drug-likeness (QED) is 0.863. The topological polar surface area (TPSA) is 59.2 Å². The number of fused-ring (bicyclic) bond motifs is 1. The van der Waals surface area contributed by atoms with Crippen molar-refractivity contribution in [2.45, 2.75) is 13.1 Å². The molecule has 0 saturated carbocycles. The lowest BCUT2D eigenvalue weighted by Crippen LogP contribution is -2.19. The fourth-order valence-electron chi connectivity index (χ4n) is 1.89. The molecule has 0 unspecified atom stereocenters. The second-order valence-electron chi connectivity index (χ2n) is 4.09. The third-order valence-corrected chi connectivity index (χ3v) is 3.10. The molecule has 1 N–H and O–H groups in total. The molecule has 0 amide bonds. The molecule has 0 fully saturated rings. The molecule has 0 bridgehead atoms. The highest BCUT2D eigenvalue weighted by atomic mass is 35.5. The van der Waals surface area contributed by atoms with Crippen molar-refractivity contribution in [1.82, 2.24) is 4.98 Å². The van der Waals surface area contributed by atoms with Crippen molar-refractivity contribution in [2.24, 2.45) is 0 Å². The molecule has 0 aliphatic carbocycles. The molecule has 1 heterocycles. The number of esters is 1. The lowest BCUT2D eigenvalue weighted by Gasteiger charge is -2.11. The fraction of sp³-hybridized carbons (Fsp3) is 0.231. The number of carbonyl (C=O) groups excluding carboxylic acids is 1. The van der Waals surface area contributed by atoms with E-state index in [0.717, 1.165) is 18.3 Å². The lowest BCUT2D eigenvalue weighted by atomic mass is 10.1. The second kappa shape index (κ2) is 5.40. The Morgan fingerprint density at radius 2 is 2.05 bits per heavy atom. The normalized spacial score (nSPS) is 11.7. The number of hydrogen-bond acceptors (Lipinski definition) is 3. The summed E-state index contributed by atoms with van der Waals surface area (Å²) in [7, 11) is 0. The minimum Gasteiger partial charge on any atom is -0.462 e. The van der Waals surface area contributed by atoms with Crippen LogP contribution in [-0.4, -0.2) is 17.6 Å². The molecule has 2 rings (SSSR count). The van der Waals surface area contributed by atoms with Gasteiger partial charge in [0.2, 0.25) is 5.43 Å². The summed E-state index contributed by atoms with van der Waals surface area (Å²) >= 11 is 5.80. The summed E-state index contributed by atoms with van der Waals surface area (Å²) in [4.78, 5) is 26.1. The molecule has 0 saturated heterocycles. The van der Waals surface area contributed by atoms with E-state index in [4.69, 9.17) is 11.6 Å².